The van der Waals surface area contributed by atoms with Gasteiger partial charge in [-0.05, 0) is 96.8 Å². The first-order valence-corrected chi connectivity index (χ1v) is 19.2. The number of cyclic esters (lactones) is 1. The van der Waals surface area contributed by atoms with Gasteiger partial charge in [0.1, 0.15) is 29.6 Å². The van der Waals surface area contributed by atoms with Crippen LogP contribution in [0.1, 0.15) is 108 Å². The zero-order valence-corrected chi connectivity index (χ0v) is 33.5. The molecular weight excluding hydrogens is 702 g/mol. The van der Waals surface area contributed by atoms with Crippen molar-refractivity contribution < 1.29 is 49.0 Å². The summed E-state index contributed by atoms with van der Waals surface area (Å²) in [5.74, 6) is -2.00. The number of nitrogens with one attached hydrogen (secondary N) is 1. The Hall–Kier alpha value is -4.45. The average Bonchev–Trinajstić information content (AvgIpc) is 3.14. The fourth-order valence-corrected chi connectivity index (χ4v) is 6.51. The molecule has 1 aromatic rings. The second-order valence-corrected chi connectivity index (χ2v) is 14.8. The highest BCUT2D eigenvalue weighted by atomic mass is 16.5. The molecule has 1 aliphatic carbocycles. The molecule has 0 bridgehead atoms. The number of benzene rings is 1. The summed E-state index contributed by atoms with van der Waals surface area (Å²) in [5, 5.41) is 45.5. The van der Waals surface area contributed by atoms with E-state index >= 15 is 0 Å². The molecule has 0 amide bonds. The molecule has 0 fully saturated rings. The van der Waals surface area contributed by atoms with Gasteiger partial charge in [0.25, 0.3) is 0 Å². The van der Waals surface area contributed by atoms with Gasteiger partial charge in [0.15, 0.2) is 11.5 Å². The first-order valence-electron chi connectivity index (χ1n) is 19.2. The maximum absolute atomic E-state index is 13.2. The Bertz CT molecular complexity index is 1680. The molecule has 6 atom stereocenters. The van der Waals surface area contributed by atoms with Crippen LogP contribution >= 0.6 is 0 Å². The quantitative estimate of drug-likeness (QED) is 0.0691. The van der Waals surface area contributed by atoms with Crippen LogP contribution in [0, 0.1) is 11.8 Å². The van der Waals surface area contributed by atoms with E-state index in [1.165, 1.54) is 49.2 Å². The number of ether oxygens (including phenoxy) is 3. The molecule has 55 heavy (non-hydrogen) atoms. The lowest BCUT2D eigenvalue weighted by molar-refractivity contribution is -0.127. The zero-order valence-electron chi connectivity index (χ0n) is 33.5. The fourth-order valence-electron chi connectivity index (χ4n) is 6.51. The maximum Gasteiger partial charge on any atom is 0.342 e. The van der Waals surface area contributed by atoms with Crippen LogP contribution in [-0.4, -0.2) is 83.1 Å². The van der Waals surface area contributed by atoms with Gasteiger partial charge in [-0.2, -0.15) is 0 Å². The lowest BCUT2D eigenvalue weighted by atomic mass is 9.85. The van der Waals surface area contributed by atoms with Gasteiger partial charge >= 0.3 is 5.97 Å². The molecule has 2 aliphatic rings. The highest BCUT2D eigenvalue weighted by molar-refractivity contribution is 5.98. The number of rotatable bonds is 15. The molecule has 0 saturated heterocycles. The molecule has 3 rings (SSSR count). The normalized spacial score (nSPS) is 25.9. The number of aromatic hydroxyl groups is 1. The Labute approximate surface area is 326 Å². The number of Topliss-reactive ketones (excluding diaryl/α,β-unsaturated/α-hetero) is 1. The summed E-state index contributed by atoms with van der Waals surface area (Å²) in [6, 6.07) is 3.22. The molecule has 0 spiro atoms. The molecule has 2 unspecified atom stereocenters. The summed E-state index contributed by atoms with van der Waals surface area (Å²) in [7, 11) is 2.85. The molecule has 0 radical (unpaired) electrons. The van der Waals surface area contributed by atoms with Crippen LogP contribution in [0.25, 0.3) is 6.08 Å². The van der Waals surface area contributed by atoms with Crippen molar-refractivity contribution in [3.8, 4) is 5.75 Å². The van der Waals surface area contributed by atoms with E-state index in [0.717, 1.165) is 38.5 Å². The van der Waals surface area contributed by atoms with E-state index < -0.39 is 36.2 Å². The van der Waals surface area contributed by atoms with Crippen molar-refractivity contribution in [1.82, 2.24) is 0 Å². The Kier molecular flexibility index (Phi) is 18.1. The maximum atomic E-state index is 13.2. The van der Waals surface area contributed by atoms with Crippen LogP contribution in [0.15, 0.2) is 76.8 Å². The van der Waals surface area contributed by atoms with Gasteiger partial charge in [-0.3, -0.25) is 9.59 Å². The number of phenolic OH excluding ortho intramolecular Hbond substituents is 1. The average molecular weight is 764 g/mol. The predicted molar refractivity (Wildman–Crippen MR) is 214 cm³/mol. The van der Waals surface area contributed by atoms with Crippen molar-refractivity contribution in [2.45, 2.75) is 117 Å². The first-order chi connectivity index (χ1) is 26.2. The van der Waals surface area contributed by atoms with E-state index in [9.17, 15) is 34.8 Å². The van der Waals surface area contributed by atoms with E-state index in [1.807, 2.05) is 0 Å². The second kappa shape index (κ2) is 22.2. The zero-order chi connectivity index (χ0) is 40.7. The number of esters is 1. The van der Waals surface area contributed by atoms with Gasteiger partial charge in [-0.1, -0.05) is 60.1 Å². The SMILES string of the molecule is COC1=C(OC)[C@H](O)[C@H](C/C=C(\C)CC/C=C(\C)CC/C=C(\C)CCCNc2cc(O)c3c(c2)/C=C/C[C@H](O)C(O)C(=O)/C=C\[C@@H](C)C(C)OC3=O)CC1=O. The van der Waals surface area contributed by atoms with Crippen LogP contribution < -0.4 is 5.32 Å². The summed E-state index contributed by atoms with van der Waals surface area (Å²) in [5.41, 5.74) is 4.83. The van der Waals surface area contributed by atoms with E-state index in [4.69, 9.17) is 14.2 Å². The number of hydrogen-bond acceptors (Lipinski definition) is 11. The third-order valence-electron chi connectivity index (χ3n) is 10.3. The number of aliphatic hydroxyl groups is 3. The number of aliphatic hydroxyl groups excluding tert-OH is 3. The number of anilines is 1. The fraction of sp³-hybridized carbons (Fsp3) is 0.523. The van der Waals surface area contributed by atoms with E-state index in [2.05, 4.69) is 44.3 Å². The van der Waals surface area contributed by atoms with Gasteiger partial charge < -0.3 is 40.0 Å². The van der Waals surface area contributed by atoms with Crippen LogP contribution in [0.4, 0.5) is 5.69 Å². The van der Waals surface area contributed by atoms with Crippen molar-refractivity contribution in [3.05, 3.63) is 88.0 Å². The van der Waals surface area contributed by atoms with Crippen LogP contribution in [0.5, 0.6) is 5.75 Å². The summed E-state index contributed by atoms with van der Waals surface area (Å²) in [4.78, 5) is 37.8. The van der Waals surface area contributed by atoms with Crippen molar-refractivity contribution in [2.75, 3.05) is 26.1 Å². The number of carbonyl (C=O) groups excluding carboxylic acids is 3. The van der Waals surface area contributed by atoms with Gasteiger partial charge in [0.2, 0.25) is 11.5 Å². The van der Waals surface area contributed by atoms with E-state index in [-0.39, 0.29) is 53.3 Å². The Morgan fingerprint density at radius 1 is 0.891 bits per heavy atom. The minimum absolute atomic E-state index is 0.00207. The Morgan fingerprint density at radius 2 is 1.55 bits per heavy atom. The van der Waals surface area contributed by atoms with Gasteiger partial charge in [0.05, 0.1) is 20.3 Å². The third kappa shape index (κ3) is 13.7. The number of phenols is 1. The molecule has 0 aromatic heterocycles. The largest absolute Gasteiger partial charge is 0.507 e. The van der Waals surface area contributed by atoms with Crippen molar-refractivity contribution in [3.63, 3.8) is 0 Å². The lowest BCUT2D eigenvalue weighted by Gasteiger charge is -2.29. The number of allylic oxidation sites excluding steroid dienone is 7. The molecule has 1 aromatic carbocycles. The summed E-state index contributed by atoms with van der Waals surface area (Å²) < 4.78 is 16.0. The van der Waals surface area contributed by atoms with E-state index in [1.54, 1.807) is 32.1 Å². The molecule has 5 N–H and O–H groups in total. The number of methoxy groups -OCH3 is 2. The molecule has 1 aliphatic heterocycles. The molecule has 0 saturated carbocycles. The molecule has 11 nitrogen and oxygen atoms in total. The summed E-state index contributed by atoms with van der Waals surface area (Å²) in [6.45, 7) is 10.4. The smallest absolute Gasteiger partial charge is 0.342 e. The molecular formula is C44H61NO10. The third-order valence-corrected chi connectivity index (χ3v) is 10.3. The van der Waals surface area contributed by atoms with Crippen LogP contribution in [0.2, 0.25) is 0 Å². The molecule has 302 valence electrons. The number of hydrogen-bond donors (Lipinski definition) is 5. The topological polar surface area (TPSA) is 172 Å². The second-order valence-electron chi connectivity index (χ2n) is 14.8. The number of fused-ring (bicyclic) bond motifs is 1. The van der Waals surface area contributed by atoms with Gasteiger partial charge in [-0.15, -0.1) is 0 Å². The number of carbonyl (C=O) groups is 3. The highest BCUT2D eigenvalue weighted by Crippen LogP contribution is 2.32. The van der Waals surface area contributed by atoms with Crippen LogP contribution in [-0.2, 0) is 23.8 Å². The van der Waals surface area contributed by atoms with Crippen molar-refractivity contribution >= 4 is 29.3 Å². The first kappa shape index (κ1) is 44.9. The van der Waals surface area contributed by atoms with Crippen molar-refractivity contribution in [1.29, 1.82) is 0 Å². The van der Waals surface area contributed by atoms with Gasteiger partial charge in [-0.25, -0.2) is 4.79 Å². The number of ketones is 2. The van der Waals surface area contributed by atoms with Crippen LogP contribution in [0.3, 0.4) is 0 Å². The lowest BCUT2D eigenvalue weighted by Crippen LogP contribution is -2.33. The predicted octanol–water partition coefficient (Wildman–Crippen LogP) is 7.27. The van der Waals surface area contributed by atoms with Gasteiger partial charge in [0, 0.05) is 36.6 Å². The van der Waals surface area contributed by atoms with E-state index in [0.29, 0.717) is 24.2 Å². The van der Waals surface area contributed by atoms with Crippen molar-refractivity contribution in [2.24, 2.45) is 11.8 Å². The Morgan fingerprint density at radius 3 is 2.20 bits per heavy atom. The summed E-state index contributed by atoms with van der Waals surface area (Å²) in [6.07, 6.45) is 14.3. The Balaban J connectivity index is 1.48. The monoisotopic (exact) mass is 763 g/mol. The highest BCUT2D eigenvalue weighted by Gasteiger charge is 2.36. The molecule has 11 heteroatoms. The molecule has 1 heterocycles. The minimum atomic E-state index is -1.59. The minimum Gasteiger partial charge on any atom is -0.507 e. The standard InChI is InChI=1S/C44H61NO10/c1-27(13-9-15-29(3)19-21-33-25-38(49)42(53-6)43(54-7)40(33)50)12-8-14-28(2)16-11-23-45-34-24-32-17-10-18-35(46)41(51)36(47)22-20-30(4)31(5)55-44(52)39(32)37(48)26-34/h10,13-14,17,19-20,22,24,26,30-31,33,35,40-41,45-46,48,50-51H,8-9,11-12,15-16,18,21,23,25H2,1-7H3/b17-10+,22-20-,27-13+,28-14+,29-19+/t30-,31?,33-,35+,40-,41?/m1/s1. The summed E-state index contributed by atoms with van der Waals surface area (Å²) >= 11 is 0.